The van der Waals surface area contributed by atoms with E-state index in [1.54, 1.807) is 20.8 Å². The predicted octanol–water partition coefficient (Wildman–Crippen LogP) is 4.94. The van der Waals surface area contributed by atoms with E-state index < -0.39 is 29.8 Å². The van der Waals surface area contributed by atoms with Gasteiger partial charge < -0.3 is 24.8 Å². The summed E-state index contributed by atoms with van der Waals surface area (Å²) >= 11 is 5.52. The van der Waals surface area contributed by atoms with Crippen molar-refractivity contribution < 1.29 is 28.6 Å². The minimum atomic E-state index is -0.968. The lowest BCUT2D eigenvalue weighted by Gasteiger charge is -2.20. The van der Waals surface area contributed by atoms with Crippen LogP contribution in [0.5, 0.6) is 0 Å². The molecule has 35 heavy (non-hydrogen) atoms. The molecule has 0 aromatic heterocycles. The van der Waals surface area contributed by atoms with Gasteiger partial charge in [-0.05, 0) is 55.9 Å². The number of benzene rings is 2. The molecule has 0 saturated heterocycles. The third kappa shape index (κ3) is 7.36. The lowest BCUT2D eigenvalue weighted by atomic mass is 9.98. The Kier molecular flexibility index (Phi) is 8.98. The SMILES string of the molecule is CC(C)(C)OC(=O)NCCC[C@H](NC(=O)OCC1c2ccccc2-c2ccccc21)C(=O)OCCl. The molecule has 0 bridgehead atoms. The average molecular weight is 503 g/mol. The van der Waals surface area contributed by atoms with Gasteiger partial charge in [0.25, 0.3) is 0 Å². The number of alkyl halides is 1. The molecule has 0 unspecified atom stereocenters. The van der Waals surface area contributed by atoms with Crippen LogP contribution in [-0.2, 0) is 19.0 Å². The quantitative estimate of drug-likeness (QED) is 0.218. The third-order valence-electron chi connectivity index (χ3n) is 5.45. The summed E-state index contributed by atoms with van der Waals surface area (Å²) in [4.78, 5) is 36.6. The van der Waals surface area contributed by atoms with E-state index in [-0.39, 0.29) is 31.6 Å². The van der Waals surface area contributed by atoms with Crippen molar-refractivity contribution in [1.29, 1.82) is 0 Å². The number of esters is 1. The molecule has 2 amide bonds. The molecule has 2 N–H and O–H groups in total. The number of nitrogens with one attached hydrogen (secondary N) is 2. The number of hydrogen-bond acceptors (Lipinski definition) is 6. The Bertz CT molecular complexity index is 1010. The number of halogens is 1. The monoisotopic (exact) mass is 502 g/mol. The zero-order valence-electron chi connectivity index (χ0n) is 20.1. The van der Waals surface area contributed by atoms with Crippen molar-refractivity contribution in [1.82, 2.24) is 10.6 Å². The maximum absolute atomic E-state index is 12.6. The summed E-state index contributed by atoms with van der Waals surface area (Å²) < 4.78 is 15.6. The first-order chi connectivity index (χ1) is 16.7. The van der Waals surface area contributed by atoms with Gasteiger partial charge in [-0.1, -0.05) is 60.1 Å². The molecule has 0 fully saturated rings. The molecule has 0 radical (unpaired) electrons. The van der Waals surface area contributed by atoms with Gasteiger partial charge in [0.1, 0.15) is 18.2 Å². The number of carbonyl (C=O) groups excluding carboxylic acids is 3. The van der Waals surface area contributed by atoms with Crippen LogP contribution in [0.1, 0.15) is 50.7 Å². The van der Waals surface area contributed by atoms with Crippen molar-refractivity contribution in [2.75, 3.05) is 19.2 Å². The zero-order valence-corrected chi connectivity index (χ0v) is 20.9. The van der Waals surface area contributed by atoms with Crippen LogP contribution in [0.25, 0.3) is 11.1 Å². The van der Waals surface area contributed by atoms with Crippen LogP contribution in [0, 0.1) is 0 Å². The van der Waals surface area contributed by atoms with Gasteiger partial charge in [0, 0.05) is 12.5 Å². The average Bonchev–Trinajstić information content (AvgIpc) is 3.12. The molecule has 1 aliphatic rings. The van der Waals surface area contributed by atoms with E-state index in [1.807, 2.05) is 36.4 Å². The van der Waals surface area contributed by atoms with Crippen molar-refractivity contribution in [2.24, 2.45) is 0 Å². The fraction of sp³-hybridized carbons (Fsp3) is 0.423. The summed E-state index contributed by atoms with van der Waals surface area (Å²) in [6, 6.07) is 14.7. The van der Waals surface area contributed by atoms with Gasteiger partial charge in [0.05, 0.1) is 0 Å². The molecule has 0 aliphatic heterocycles. The number of amides is 2. The molecule has 2 aromatic carbocycles. The second-order valence-corrected chi connectivity index (χ2v) is 9.38. The Morgan fingerprint density at radius 2 is 1.54 bits per heavy atom. The number of hydrogen-bond donors (Lipinski definition) is 2. The molecule has 3 rings (SSSR count). The molecule has 188 valence electrons. The molecule has 0 saturated carbocycles. The van der Waals surface area contributed by atoms with Crippen LogP contribution in [0.2, 0.25) is 0 Å². The van der Waals surface area contributed by atoms with Crippen molar-refractivity contribution in [3.63, 3.8) is 0 Å². The van der Waals surface area contributed by atoms with Crippen LogP contribution in [0.15, 0.2) is 48.5 Å². The maximum atomic E-state index is 12.6. The smallest absolute Gasteiger partial charge is 0.407 e. The molecule has 2 aromatic rings. The van der Waals surface area contributed by atoms with Crippen LogP contribution in [-0.4, -0.2) is 49.0 Å². The van der Waals surface area contributed by atoms with Crippen LogP contribution >= 0.6 is 11.6 Å². The standard InChI is InChI=1S/C26H31ClN2O6/c1-26(2,3)35-24(31)28-14-8-13-22(23(30)34-16-27)29-25(32)33-15-21-19-11-6-4-9-17(19)18-10-5-7-12-20(18)21/h4-7,9-12,21-22H,8,13-16H2,1-3H3,(H,28,31)(H,29,32)/t22-/m0/s1. The van der Waals surface area contributed by atoms with E-state index in [0.717, 1.165) is 22.3 Å². The third-order valence-corrected chi connectivity index (χ3v) is 5.56. The van der Waals surface area contributed by atoms with E-state index in [9.17, 15) is 14.4 Å². The maximum Gasteiger partial charge on any atom is 0.407 e. The zero-order chi connectivity index (χ0) is 25.4. The van der Waals surface area contributed by atoms with E-state index in [1.165, 1.54) is 0 Å². The number of rotatable bonds is 9. The van der Waals surface area contributed by atoms with Gasteiger partial charge in [-0.25, -0.2) is 14.4 Å². The molecule has 0 heterocycles. The molecule has 0 spiro atoms. The second-order valence-electron chi connectivity index (χ2n) is 9.17. The van der Waals surface area contributed by atoms with Crippen molar-refractivity contribution >= 4 is 29.8 Å². The highest BCUT2D eigenvalue weighted by Crippen LogP contribution is 2.44. The fourth-order valence-electron chi connectivity index (χ4n) is 4.00. The van der Waals surface area contributed by atoms with Gasteiger partial charge in [-0.3, -0.25) is 0 Å². The fourth-order valence-corrected chi connectivity index (χ4v) is 4.10. The summed E-state index contributed by atoms with van der Waals surface area (Å²) in [6.45, 7) is 5.68. The summed E-state index contributed by atoms with van der Waals surface area (Å²) in [7, 11) is 0. The van der Waals surface area contributed by atoms with Gasteiger partial charge in [0.15, 0.2) is 6.07 Å². The normalized spacial score (nSPS) is 13.3. The second kappa shape index (κ2) is 11.9. The summed E-state index contributed by atoms with van der Waals surface area (Å²) in [5.41, 5.74) is 3.82. The van der Waals surface area contributed by atoms with E-state index in [2.05, 4.69) is 22.8 Å². The van der Waals surface area contributed by atoms with Gasteiger partial charge in [-0.15, -0.1) is 0 Å². The van der Waals surface area contributed by atoms with E-state index in [0.29, 0.717) is 6.42 Å². The molecular formula is C26H31ClN2O6. The molecule has 1 atom stereocenters. The first-order valence-corrected chi connectivity index (χ1v) is 12.0. The Morgan fingerprint density at radius 3 is 2.11 bits per heavy atom. The van der Waals surface area contributed by atoms with Crippen LogP contribution in [0.3, 0.4) is 0 Å². The first kappa shape index (κ1) is 26.3. The Morgan fingerprint density at radius 1 is 0.943 bits per heavy atom. The number of carbonyl (C=O) groups is 3. The van der Waals surface area contributed by atoms with Crippen LogP contribution in [0.4, 0.5) is 9.59 Å². The summed E-state index contributed by atoms with van der Waals surface area (Å²) in [5.74, 6) is -0.773. The topological polar surface area (TPSA) is 103 Å². The number of fused-ring (bicyclic) bond motifs is 3. The lowest BCUT2D eigenvalue weighted by Crippen LogP contribution is -2.43. The van der Waals surface area contributed by atoms with Crippen molar-refractivity contribution in [3.8, 4) is 11.1 Å². The molecule has 1 aliphatic carbocycles. The highest BCUT2D eigenvalue weighted by molar-refractivity contribution is 6.17. The lowest BCUT2D eigenvalue weighted by molar-refractivity contribution is -0.144. The molecule has 9 heteroatoms. The first-order valence-electron chi connectivity index (χ1n) is 11.5. The minimum absolute atomic E-state index is 0.0978. The predicted molar refractivity (Wildman–Crippen MR) is 132 cm³/mol. The minimum Gasteiger partial charge on any atom is -0.449 e. The number of alkyl carbamates (subject to hydrolysis) is 2. The van der Waals surface area contributed by atoms with Crippen LogP contribution < -0.4 is 10.6 Å². The Labute approximate surface area is 210 Å². The molecular weight excluding hydrogens is 472 g/mol. The van der Waals surface area contributed by atoms with E-state index in [4.69, 9.17) is 25.8 Å². The van der Waals surface area contributed by atoms with Gasteiger partial charge >= 0.3 is 18.2 Å². The Hall–Kier alpha value is -3.26. The van der Waals surface area contributed by atoms with E-state index >= 15 is 0 Å². The van der Waals surface area contributed by atoms with Crippen molar-refractivity contribution in [3.05, 3.63) is 59.7 Å². The number of ether oxygens (including phenoxy) is 3. The highest BCUT2D eigenvalue weighted by Gasteiger charge is 2.30. The molecule has 8 nitrogen and oxygen atoms in total. The van der Waals surface area contributed by atoms with Gasteiger partial charge in [-0.2, -0.15) is 0 Å². The van der Waals surface area contributed by atoms with Gasteiger partial charge in [0.2, 0.25) is 0 Å². The highest BCUT2D eigenvalue weighted by atomic mass is 35.5. The summed E-state index contributed by atoms with van der Waals surface area (Å²) in [6.07, 6.45) is -0.675. The van der Waals surface area contributed by atoms with Crippen molar-refractivity contribution in [2.45, 2.75) is 51.2 Å². The Balaban J connectivity index is 1.54. The largest absolute Gasteiger partial charge is 0.449 e. The summed E-state index contributed by atoms with van der Waals surface area (Å²) in [5, 5.41) is 5.18.